The molecule has 0 amide bonds. The fourth-order valence-electron chi connectivity index (χ4n) is 4.08. The van der Waals surface area contributed by atoms with Crippen LogP contribution in [-0.4, -0.2) is 19.7 Å². The SMILES string of the molecule is c1nc(NCc2ccn(C3CCCC3)n2)c2c3c(sc2n1)CCC3. The predicted octanol–water partition coefficient (Wildman–Crippen LogP) is 4.10. The Kier molecular flexibility index (Phi) is 3.51. The van der Waals surface area contributed by atoms with Gasteiger partial charge >= 0.3 is 0 Å². The third-order valence-electron chi connectivity index (χ3n) is 5.30. The molecule has 1 N–H and O–H groups in total. The van der Waals surface area contributed by atoms with Gasteiger partial charge in [0.15, 0.2) is 0 Å². The van der Waals surface area contributed by atoms with Crippen LogP contribution in [0.5, 0.6) is 0 Å². The quantitative estimate of drug-likeness (QED) is 0.777. The molecular formula is C18H21N5S. The van der Waals surface area contributed by atoms with Gasteiger partial charge in [-0.1, -0.05) is 12.8 Å². The molecule has 6 heteroatoms. The lowest BCUT2D eigenvalue weighted by molar-refractivity contribution is 0.463. The molecule has 0 bridgehead atoms. The van der Waals surface area contributed by atoms with Gasteiger partial charge in [0.25, 0.3) is 0 Å². The third kappa shape index (κ3) is 2.40. The first-order chi connectivity index (χ1) is 11.9. The number of fused-ring (bicyclic) bond motifs is 3. The van der Waals surface area contributed by atoms with Crippen molar-refractivity contribution < 1.29 is 0 Å². The summed E-state index contributed by atoms with van der Waals surface area (Å²) in [7, 11) is 0. The number of nitrogens with one attached hydrogen (secondary N) is 1. The van der Waals surface area contributed by atoms with E-state index in [0.29, 0.717) is 6.04 Å². The number of hydrogen-bond acceptors (Lipinski definition) is 5. The van der Waals surface area contributed by atoms with E-state index in [4.69, 9.17) is 5.10 Å². The van der Waals surface area contributed by atoms with Crippen LogP contribution in [0.2, 0.25) is 0 Å². The molecule has 3 heterocycles. The highest BCUT2D eigenvalue weighted by Crippen LogP contribution is 2.39. The van der Waals surface area contributed by atoms with E-state index >= 15 is 0 Å². The molecular weight excluding hydrogens is 318 g/mol. The van der Waals surface area contributed by atoms with Crippen molar-refractivity contribution in [2.24, 2.45) is 0 Å². The molecule has 5 nitrogen and oxygen atoms in total. The Morgan fingerprint density at radius 1 is 1.17 bits per heavy atom. The minimum absolute atomic E-state index is 0.602. The second-order valence-electron chi connectivity index (χ2n) is 6.84. The fourth-order valence-corrected chi connectivity index (χ4v) is 5.31. The summed E-state index contributed by atoms with van der Waals surface area (Å²) in [6.07, 6.45) is 12.6. The van der Waals surface area contributed by atoms with Crippen LogP contribution in [0.3, 0.4) is 0 Å². The van der Waals surface area contributed by atoms with Gasteiger partial charge in [0.05, 0.1) is 23.7 Å². The number of nitrogens with zero attached hydrogens (tertiary/aromatic N) is 4. The van der Waals surface area contributed by atoms with Gasteiger partial charge in [-0.15, -0.1) is 11.3 Å². The zero-order valence-electron chi connectivity index (χ0n) is 13.7. The van der Waals surface area contributed by atoms with E-state index in [-0.39, 0.29) is 0 Å². The largest absolute Gasteiger partial charge is 0.364 e. The Hall–Kier alpha value is -1.95. The Morgan fingerprint density at radius 2 is 2.08 bits per heavy atom. The molecule has 0 aliphatic heterocycles. The number of thiophene rings is 1. The summed E-state index contributed by atoms with van der Waals surface area (Å²) >= 11 is 1.83. The van der Waals surface area contributed by atoms with E-state index in [1.54, 1.807) is 6.33 Å². The molecule has 0 radical (unpaired) electrons. The molecule has 1 fully saturated rings. The zero-order chi connectivity index (χ0) is 15.9. The normalized spacial score (nSPS) is 17.7. The molecule has 2 aliphatic carbocycles. The van der Waals surface area contributed by atoms with Gasteiger partial charge in [-0.05, 0) is 43.7 Å². The molecule has 0 unspecified atom stereocenters. The summed E-state index contributed by atoms with van der Waals surface area (Å²) in [5, 5.41) is 9.51. The monoisotopic (exact) mass is 339 g/mol. The molecule has 0 saturated heterocycles. The van der Waals surface area contributed by atoms with E-state index in [1.807, 2.05) is 11.3 Å². The zero-order valence-corrected chi connectivity index (χ0v) is 14.5. The van der Waals surface area contributed by atoms with Crippen molar-refractivity contribution >= 4 is 27.4 Å². The number of rotatable bonds is 4. The van der Waals surface area contributed by atoms with Crippen LogP contribution in [0, 0.1) is 0 Å². The van der Waals surface area contributed by atoms with E-state index < -0.39 is 0 Å². The summed E-state index contributed by atoms with van der Waals surface area (Å²) in [5.41, 5.74) is 2.55. The van der Waals surface area contributed by atoms with Crippen LogP contribution < -0.4 is 5.32 Å². The van der Waals surface area contributed by atoms with Crippen LogP contribution in [0.1, 0.15) is 54.3 Å². The highest BCUT2D eigenvalue weighted by atomic mass is 32.1. The van der Waals surface area contributed by atoms with Crippen LogP contribution in [-0.2, 0) is 19.4 Å². The van der Waals surface area contributed by atoms with Crippen LogP contribution in [0.25, 0.3) is 10.2 Å². The number of aryl methyl sites for hydroxylation is 2. The van der Waals surface area contributed by atoms with Gasteiger partial charge in [0, 0.05) is 11.1 Å². The van der Waals surface area contributed by atoms with Crippen molar-refractivity contribution in [2.45, 2.75) is 57.5 Å². The molecule has 0 aromatic carbocycles. The summed E-state index contributed by atoms with van der Waals surface area (Å²) in [6.45, 7) is 0.719. The lowest BCUT2D eigenvalue weighted by atomic mass is 10.2. The Balaban J connectivity index is 1.38. The Labute approximate surface area is 145 Å². The first kappa shape index (κ1) is 14.4. The standard InChI is InChI=1S/C18H21N5S/c1-2-5-13(4-1)23-9-8-12(22-23)10-19-17-16-14-6-3-7-15(14)24-18(16)21-11-20-17/h8-9,11,13H,1-7,10H2,(H,19,20,21). The van der Waals surface area contributed by atoms with Crippen molar-refractivity contribution in [1.29, 1.82) is 0 Å². The highest BCUT2D eigenvalue weighted by molar-refractivity contribution is 7.19. The first-order valence-electron chi connectivity index (χ1n) is 8.91. The predicted molar refractivity (Wildman–Crippen MR) is 96.5 cm³/mol. The minimum atomic E-state index is 0.602. The van der Waals surface area contributed by atoms with Crippen molar-refractivity contribution in [3.8, 4) is 0 Å². The smallest absolute Gasteiger partial charge is 0.138 e. The summed E-state index contributed by atoms with van der Waals surface area (Å²) < 4.78 is 2.15. The Morgan fingerprint density at radius 3 is 3.00 bits per heavy atom. The van der Waals surface area contributed by atoms with Gasteiger partial charge in [-0.2, -0.15) is 5.10 Å². The van der Waals surface area contributed by atoms with Crippen LogP contribution >= 0.6 is 11.3 Å². The van der Waals surface area contributed by atoms with Gasteiger partial charge in [0.2, 0.25) is 0 Å². The van der Waals surface area contributed by atoms with E-state index in [2.05, 4.69) is 32.2 Å². The van der Waals surface area contributed by atoms with Crippen molar-refractivity contribution in [3.05, 3.63) is 34.7 Å². The highest BCUT2D eigenvalue weighted by Gasteiger charge is 2.21. The van der Waals surface area contributed by atoms with Gasteiger partial charge in [-0.3, -0.25) is 4.68 Å². The summed E-state index contributed by atoms with van der Waals surface area (Å²) in [4.78, 5) is 11.6. The number of anilines is 1. The van der Waals surface area contributed by atoms with Gasteiger partial charge in [0.1, 0.15) is 17.0 Å². The minimum Gasteiger partial charge on any atom is -0.364 e. The molecule has 0 atom stereocenters. The van der Waals surface area contributed by atoms with E-state index in [1.165, 1.54) is 54.4 Å². The topological polar surface area (TPSA) is 55.6 Å². The molecule has 3 aromatic heterocycles. The molecule has 124 valence electrons. The van der Waals surface area contributed by atoms with Crippen molar-refractivity contribution in [2.75, 3.05) is 5.32 Å². The maximum atomic E-state index is 4.76. The first-order valence-corrected chi connectivity index (χ1v) is 9.73. The average molecular weight is 339 g/mol. The number of hydrogen-bond donors (Lipinski definition) is 1. The average Bonchev–Trinajstić information content (AvgIpc) is 3.34. The lowest BCUT2D eigenvalue weighted by Crippen LogP contribution is -2.08. The molecule has 24 heavy (non-hydrogen) atoms. The number of aromatic nitrogens is 4. The summed E-state index contributed by atoms with van der Waals surface area (Å²) in [6, 6.07) is 2.73. The maximum Gasteiger partial charge on any atom is 0.138 e. The fraction of sp³-hybridized carbons (Fsp3) is 0.500. The van der Waals surface area contributed by atoms with Crippen molar-refractivity contribution in [3.63, 3.8) is 0 Å². The van der Waals surface area contributed by atoms with E-state index in [9.17, 15) is 0 Å². The Bertz CT molecular complexity index is 875. The van der Waals surface area contributed by atoms with Gasteiger partial charge in [-0.25, -0.2) is 9.97 Å². The lowest BCUT2D eigenvalue weighted by Gasteiger charge is -2.09. The summed E-state index contributed by atoms with van der Waals surface area (Å²) in [5.74, 6) is 0.967. The second kappa shape index (κ2) is 5.84. The maximum absolute atomic E-state index is 4.76. The van der Waals surface area contributed by atoms with Crippen LogP contribution in [0.4, 0.5) is 5.82 Å². The molecule has 3 aromatic rings. The molecule has 1 saturated carbocycles. The molecule has 5 rings (SSSR count). The molecule has 0 spiro atoms. The van der Waals surface area contributed by atoms with Gasteiger partial charge < -0.3 is 5.32 Å². The third-order valence-corrected chi connectivity index (χ3v) is 6.50. The molecule has 2 aliphatic rings. The second-order valence-corrected chi connectivity index (χ2v) is 7.92. The van der Waals surface area contributed by atoms with E-state index in [0.717, 1.165) is 29.3 Å². The van der Waals surface area contributed by atoms with Crippen molar-refractivity contribution in [1.82, 2.24) is 19.7 Å². The van der Waals surface area contributed by atoms with Crippen LogP contribution in [0.15, 0.2) is 18.6 Å².